The van der Waals surface area contributed by atoms with Gasteiger partial charge >= 0.3 is 5.97 Å². The van der Waals surface area contributed by atoms with Gasteiger partial charge in [-0.15, -0.1) is 11.8 Å². The molecule has 256 valence electrons. The van der Waals surface area contributed by atoms with Crippen molar-refractivity contribution in [2.24, 2.45) is 45.5 Å². The van der Waals surface area contributed by atoms with Crippen LogP contribution in [0.3, 0.4) is 0 Å². The summed E-state index contributed by atoms with van der Waals surface area (Å²) in [5.41, 5.74) is 9.64. The number of hydrogen-bond donors (Lipinski definition) is 5. The number of rotatable bonds is 13. The Hall–Kier alpha value is -2.47. The van der Waals surface area contributed by atoms with E-state index in [-0.39, 0.29) is 53.9 Å². The molecule has 3 saturated carbocycles. The average Bonchev–Trinajstić information content (AvgIpc) is 3.39. The summed E-state index contributed by atoms with van der Waals surface area (Å²) in [5.74, 6) is -1.12. The van der Waals surface area contributed by atoms with Gasteiger partial charge in [-0.05, 0) is 87.1 Å². The number of amides is 2. The molecule has 0 radical (unpaired) electrons. The van der Waals surface area contributed by atoms with Crippen molar-refractivity contribution in [1.82, 2.24) is 10.6 Å². The number of carbonyl (C=O) groups is 4. The van der Waals surface area contributed by atoms with Crippen LogP contribution >= 0.6 is 11.8 Å². The topological polar surface area (TPSA) is 174 Å². The Bertz CT molecular complexity index is 1260. The molecule has 0 heterocycles. The normalized spacial score (nSPS) is 33.8. The van der Waals surface area contributed by atoms with Gasteiger partial charge in [0, 0.05) is 42.2 Å². The second-order valence-electron chi connectivity index (χ2n) is 14.3. The Kier molecular flexibility index (Phi) is 12.0. The molecule has 8 atom stereocenters. The third-order valence-corrected chi connectivity index (χ3v) is 12.6. The third-order valence-electron chi connectivity index (χ3n) is 11.6. The molecule has 11 heteroatoms. The van der Waals surface area contributed by atoms with Gasteiger partial charge in [0.15, 0.2) is 0 Å². The number of aliphatic hydroxyl groups is 1. The Morgan fingerprint density at radius 3 is 2.33 bits per heavy atom. The molecule has 2 bridgehead atoms. The number of benzene rings is 1. The molecule has 3 aliphatic rings. The van der Waals surface area contributed by atoms with E-state index in [2.05, 4.69) is 24.5 Å². The number of ether oxygens (including phenoxy) is 1. The zero-order chi connectivity index (χ0) is 33.7. The fourth-order valence-electron chi connectivity index (χ4n) is 8.61. The van der Waals surface area contributed by atoms with Crippen LogP contribution in [-0.2, 0) is 30.3 Å². The van der Waals surface area contributed by atoms with E-state index in [1.165, 1.54) is 11.8 Å². The third kappa shape index (κ3) is 7.17. The number of Topliss-reactive ketones (excluding diaryl/α,β-unsaturated/α-hetero) is 1. The van der Waals surface area contributed by atoms with Crippen molar-refractivity contribution >= 4 is 35.3 Å². The summed E-state index contributed by atoms with van der Waals surface area (Å²) in [4.78, 5) is 54.1. The van der Waals surface area contributed by atoms with Crippen LogP contribution in [0.15, 0.2) is 29.2 Å². The van der Waals surface area contributed by atoms with E-state index in [0.29, 0.717) is 45.4 Å². The largest absolute Gasteiger partial charge is 0.461 e. The smallest absolute Gasteiger partial charge is 0.316 e. The SMILES string of the molecule is C[C@@H]1CC[C@@]23CCC(=O)[C@H]2[C@]1(C)[C@H](OC(=O)CSc1ccc(CC(=O)NCCCN)cc1)C[C@](C)(C(=O)NCCCN)[C@@H](O)[C@@H]3C. The lowest BCUT2D eigenvalue weighted by Crippen LogP contribution is -2.65. The summed E-state index contributed by atoms with van der Waals surface area (Å²) < 4.78 is 6.35. The first-order valence-corrected chi connectivity index (χ1v) is 17.9. The van der Waals surface area contributed by atoms with Crippen LogP contribution in [0.4, 0.5) is 0 Å². The van der Waals surface area contributed by atoms with Crippen molar-refractivity contribution in [3.8, 4) is 0 Å². The van der Waals surface area contributed by atoms with Crippen LogP contribution in [-0.4, -0.2) is 72.8 Å². The van der Waals surface area contributed by atoms with Crippen LogP contribution in [0.1, 0.15) is 78.2 Å². The van der Waals surface area contributed by atoms with Gasteiger partial charge in [-0.25, -0.2) is 0 Å². The molecule has 3 aliphatic carbocycles. The van der Waals surface area contributed by atoms with Gasteiger partial charge in [-0.2, -0.15) is 0 Å². The lowest BCUT2D eigenvalue weighted by Gasteiger charge is -2.61. The van der Waals surface area contributed by atoms with Crippen LogP contribution in [0.5, 0.6) is 0 Å². The highest BCUT2D eigenvalue weighted by Crippen LogP contribution is 2.67. The monoisotopic (exact) mass is 658 g/mol. The number of carbonyl (C=O) groups excluding carboxylic acids is 4. The predicted molar refractivity (Wildman–Crippen MR) is 179 cm³/mol. The Morgan fingerprint density at radius 2 is 1.67 bits per heavy atom. The number of esters is 1. The van der Waals surface area contributed by atoms with Crippen LogP contribution < -0.4 is 22.1 Å². The van der Waals surface area contributed by atoms with Crippen molar-refractivity contribution in [3.63, 3.8) is 0 Å². The molecule has 7 N–H and O–H groups in total. The van der Waals surface area contributed by atoms with Crippen molar-refractivity contribution in [2.75, 3.05) is 31.9 Å². The molecular weight excluding hydrogens is 604 g/mol. The van der Waals surface area contributed by atoms with Crippen molar-refractivity contribution in [2.45, 2.75) is 96.2 Å². The van der Waals surface area contributed by atoms with E-state index >= 15 is 0 Å². The average molecular weight is 659 g/mol. The maximum Gasteiger partial charge on any atom is 0.316 e. The molecule has 0 saturated heterocycles. The lowest BCUT2D eigenvalue weighted by atomic mass is 9.43. The maximum atomic E-state index is 13.8. The molecule has 0 aromatic heterocycles. The number of thioether (sulfide) groups is 1. The highest BCUT2D eigenvalue weighted by atomic mass is 32.2. The number of hydrogen-bond acceptors (Lipinski definition) is 9. The minimum Gasteiger partial charge on any atom is -0.461 e. The Labute approximate surface area is 277 Å². The fraction of sp³-hybridized carbons (Fsp3) is 0.714. The molecule has 1 aromatic rings. The zero-order valence-electron chi connectivity index (χ0n) is 27.9. The van der Waals surface area contributed by atoms with Crippen molar-refractivity contribution in [3.05, 3.63) is 29.8 Å². The van der Waals surface area contributed by atoms with E-state index in [4.69, 9.17) is 16.2 Å². The van der Waals surface area contributed by atoms with E-state index in [9.17, 15) is 24.3 Å². The van der Waals surface area contributed by atoms with E-state index in [0.717, 1.165) is 29.7 Å². The van der Waals surface area contributed by atoms with E-state index in [1.807, 2.05) is 31.2 Å². The molecule has 4 rings (SSSR count). The number of aliphatic hydroxyl groups excluding tert-OH is 1. The first kappa shape index (κ1) is 36.4. The zero-order valence-corrected chi connectivity index (χ0v) is 28.8. The molecule has 2 amide bonds. The molecule has 1 aromatic carbocycles. The standard InChI is InChI=1S/C35H54N4O6S/c1-22-11-13-35-14-12-26(40)30(35)34(22,4)27(20-33(3,31(43)23(35)2)32(44)39-18-6-16-37)45-29(42)21-46-25-9-7-24(8-10-25)19-28(41)38-17-5-15-36/h7-10,22-23,27,30-31,43H,5-6,11-21,36-37H2,1-4H3,(H,38,41)(H,39,44)/t22-,23+,27-,30+,31+,33+,34+,35+/m1/s1. The van der Waals surface area contributed by atoms with Gasteiger partial charge in [0.2, 0.25) is 11.8 Å². The number of nitrogens with two attached hydrogens (primary N) is 2. The Morgan fingerprint density at radius 1 is 1.02 bits per heavy atom. The summed E-state index contributed by atoms with van der Waals surface area (Å²) in [6.45, 7) is 9.89. The molecule has 46 heavy (non-hydrogen) atoms. The molecule has 0 spiro atoms. The highest BCUT2D eigenvalue weighted by Gasteiger charge is 2.69. The number of nitrogens with one attached hydrogen (secondary N) is 2. The summed E-state index contributed by atoms with van der Waals surface area (Å²) in [5, 5.41) is 17.8. The van der Waals surface area contributed by atoms with E-state index in [1.54, 1.807) is 6.92 Å². The van der Waals surface area contributed by atoms with Crippen LogP contribution in [0, 0.1) is 34.0 Å². The second kappa shape index (κ2) is 15.2. The second-order valence-corrected chi connectivity index (χ2v) is 15.3. The highest BCUT2D eigenvalue weighted by molar-refractivity contribution is 8.00. The first-order valence-electron chi connectivity index (χ1n) is 16.9. The van der Waals surface area contributed by atoms with Gasteiger partial charge in [0.1, 0.15) is 11.9 Å². The van der Waals surface area contributed by atoms with Gasteiger partial charge in [-0.3, -0.25) is 19.2 Å². The summed E-state index contributed by atoms with van der Waals surface area (Å²) in [7, 11) is 0. The minimum absolute atomic E-state index is 0.0437. The van der Waals surface area contributed by atoms with Gasteiger partial charge in [-0.1, -0.05) is 32.9 Å². The summed E-state index contributed by atoms with van der Waals surface area (Å²) >= 11 is 1.34. The number of ketones is 1. The first-order chi connectivity index (χ1) is 21.8. The van der Waals surface area contributed by atoms with Gasteiger partial charge in [0.25, 0.3) is 0 Å². The minimum atomic E-state index is -1.24. The molecule has 3 fully saturated rings. The fourth-order valence-corrected chi connectivity index (χ4v) is 9.29. The predicted octanol–water partition coefficient (Wildman–Crippen LogP) is 2.97. The van der Waals surface area contributed by atoms with Gasteiger partial charge in [0.05, 0.1) is 23.7 Å². The van der Waals surface area contributed by atoms with Crippen molar-refractivity contribution in [1.29, 1.82) is 0 Å². The quantitative estimate of drug-likeness (QED) is 0.121. The lowest BCUT2D eigenvalue weighted by molar-refractivity contribution is -0.211. The van der Waals surface area contributed by atoms with Crippen molar-refractivity contribution < 1.29 is 29.0 Å². The summed E-state index contributed by atoms with van der Waals surface area (Å²) in [6.07, 6.45) is 2.73. The molecular formula is C35H54N4O6S. The molecule has 0 aliphatic heterocycles. The van der Waals surface area contributed by atoms with Crippen LogP contribution in [0.25, 0.3) is 0 Å². The summed E-state index contributed by atoms with van der Waals surface area (Å²) in [6, 6.07) is 7.51. The van der Waals surface area contributed by atoms with E-state index < -0.39 is 34.4 Å². The molecule has 0 unspecified atom stereocenters. The molecule has 10 nitrogen and oxygen atoms in total. The van der Waals surface area contributed by atoms with Crippen LogP contribution in [0.2, 0.25) is 0 Å². The Balaban J connectivity index is 1.55. The van der Waals surface area contributed by atoms with Gasteiger partial charge < -0.3 is 31.9 Å². The maximum absolute atomic E-state index is 13.8.